The first-order chi connectivity index (χ1) is 6.12. The van der Waals surface area contributed by atoms with E-state index in [4.69, 9.17) is 5.73 Å². The van der Waals surface area contributed by atoms with Gasteiger partial charge in [-0.15, -0.1) is 0 Å². The smallest absolute Gasteiger partial charge is 0.384 e. The van der Waals surface area contributed by atoms with Crippen LogP contribution in [-0.4, -0.2) is 9.78 Å². The van der Waals surface area contributed by atoms with Gasteiger partial charge in [0, 0.05) is 6.07 Å². The number of hydrogen-bond acceptors (Lipinski definition) is 2. The van der Waals surface area contributed by atoms with Crippen molar-refractivity contribution in [2.24, 2.45) is 0 Å². The largest absolute Gasteiger partial charge is 0.435 e. The number of anilines is 1. The molecular formula is C8H12F3N3. The van der Waals surface area contributed by atoms with Crippen molar-refractivity contribution in [1.82, 2.24) is 9.78 Å². The number of halogens is 3. The summed E-state index contributed by atoms with van der Waals surface area (Å²) in [5, 5.41) is 3.42. The lowest BCUT2D eigenvalue weighted by atomic mass is 10.1. The van der Waals surface area contributed by atoms with E-state index < -0.39 is 17.4 Å². The third-order valence-electron chi connectivity index (χ3n) is 1.66. The predicted molar refractivity (Wildman–Crippen MR) is 46.6 cm³/mol. The van der Waals surface area contributed by atoms with E-state index in [2.05, 4.69) is 5.10 Å². The molecule has 1 rings (SSSR count). The minimum atomic E-state index is -4.44. The van der Waals surface area contributed by atoms with Crippen LogP contribution in [0.5, 0.6) is 0 Å². The number of nitrogen functional groups attached to an aromatic ring is 1. The SMILES string of the molecule is CC(C)(C)n1nc(C(F)(F)F)cc1N. The molecule has 0 aliphatic carbocycles. The first kappa shape index (κ1) is 10.9. The lowest BCUT2D eigenvalue weighted by Crippen LogP contribution is -2.25. The molecule has 0 unspecified atom stereocenters. The van der Waals surface area contributed by atoms with E-state index in [0.29, 0.717) is 0 Å². The zero-order valence-electron chi connectivity index (χ0n) is 8.18. The number of alkyl halides is 3. The fourth-order valence-electron chi connectivity index (χ4n) is 1.07. The van der Waals surface area contributed by atoms with Gasteiger partial charge in [-0.25, -0.2) is 4.68 Å². The fourth-order valence-corrected chi connectivity index (χ4v) is 1.07. The Bertz CT molecular complexity index is 333. The van der Waals surface area contributed by atoms with Gasteiger partial charge in [-0.05, 0) is 20.8 Å². The standard InChI is InChI=1S/C8H12F3N3/c1-7(2,3)14-6(12)4-5(13-14)8(9,10)11/h4H,12H2,1-3H3. The highest BCUT2D eigenvalue weighted by atomic mass is 19.4. The highest BCUT2D eigenvalue weighted by Crippen LogP contribution is 2.31. The van der Waals surface area contributed by atoms with Crippen LogP contribution < -0.4 is 5.73 Å². The number of hydrogen-bond donors (Lipinski definition) is 1. The predicted octanol–water partition coefficient (Wildman–Crippen LogP) is 2.24. The average Bonchev–Trinajstić information content (AvgIpc) is 2.27. The molecule has 14 heavy (non-hydrogen) atoms. The Morgan fingerprint density at radius 3 is 2.00 bits per heavy atom. The Balaban J connectivity index is 3.19. The van der Waals surface area contributed by atoms with E-state index in [1.807, 2.05) is 0 Å². The van der Waals surface area contributed by atoms with Crippen LogP contribution in [0, 0.1) is 0 Å². The summed E-state index contributed by atoms with van der Waals surface area (Å²) in [6.45, 7) is 5.20. The Labute approximate surface area is 79.7 Å². The average molecular weight is 207 g/mol. The molecule has 1 heterocycles. The maximum absolute atomic E-state index is 12.2. The maximum atomic E-state index is 12.2. The Morgan fingerprint density at radius 2 is 1.79 bits per heavy atom. The summed E-state index contributed by atoms with van der Waals surface area (Å²) in [6, 6.07) is 0.839. The molecule has 0 amide bonds. The van der Waals surface area contributed by atoms with E-state index in [9.17, 15) is 13.2 Å². The monoisotopic (exact) mass is 207 g/mol. The Kier molecular flexibility index (Phi) is 2.25. The highest BCUT2D eigenvalue weighted by Gasteiger charge is 2.35. The van der Waals surface area contributed by atoms with E-state index in [-0.39, 0.29) is 5.82 Å². The summed E-state index contributed by atoms with van der Waals surface area (Å²) in [5.41, 5.74) is 3.92. The zero-order chi connectivity index (χ0) is 11.1. The van der Waals surface area contributed by atoms with Crippen LogP contribution in [0.4, 0.5) is 19.0 Å². The van der Waals surface area contributed by atoms with Crippen molar-refractivity contribution in [1.29, 1.82) is 0 Å². The summed E-state index contributed by atoms with van der Waals surface area (Å²) in [6.07, 6.45) is -4.44. The Hall–Kier alpha value is -1.20. The van der Waals surface area contributed by atoms with Gasteiger partial charge < -0.3 is 5.73 Å². The van der Waals surface area contributed by atoms with E-state index in [0.717, 1.165) is 10.7 Å². The lowest BCUT2D eigenvalue weighted by molar-refractivity contribution is -0.141. The van der Waals surface area contributed by atoms with E-state index in [1.165, 1.54) is 0 Å². The van der Waals surface area contributed by atoms with Gasteiger partial charge in [0.25, 0.3) is 0 Å². The minimum absolute atomic E-state index is 0.0184. The second kappa shape index (κ2) is 2.90. The molecule has 0 spiro atoms. The Morgan fingerprint density at radius 1 is 1.29 bits per heavy atom. The fraction of sp³-hybridized carbons (Fsp3) is 0.625. The number of aromatic nitrogens is 2. The molecule has 0 saturated carbocycles. The summed E-state index contributed by atoms with van der Waals surface area (Å²) in [5.74, 6) is 0.0184. The molecule has 0 atom stereocenters. The molecule has 80 valence electrons. The van der Waals surface area contributed by atoms with Crippen molar-refractivity contribution < 1.29 is 13.2 Å². The minimum Gasteiger partial charge on any atom is -0.384 e. The molecule has 0 bridgehead atoms. The summed E-state index contributed by atoms with van der Waals surface area (Å²) < 4.78 is 37.9. The number of nitrogens with two attached hydrogens (primary N) is 1. The van der Waals surface area contributed by atoms with Gasteiger partial charge in [0.05, 0.1) is 5.54 Å². The van der Waals surface area contributed by atoms with Gasteiger partial charge >= 0.3 is 6.18 Å². The second-order valence-electron chi connectivity index (χ2n) is 4.03. The van der Waals surface area contributed by atoms with Crippen LogP contribution in [0.2, 0.25) is 0 Å². The van der Waals surface area contributed by atoms with Crippen molar-refractivity contribution in [2.75, 3.05) is 5.73 Å². The molecule has 6 heteroatoms. The topological polar surface area (TPSA) is 43.8 Å². The van der Waals surface area contributed by atoms with Crippen LogP contribution in [0.15, 0.2) is 6.07 Å². The molecule has 0 radical (unpaired) electrons. The summed E-state index contributed by atoms with van der Waals surface area (Å²) >= 11 is 0. The highest BCUT2D eigenvalue weighted by molar-refractivity contribution is 5.33. The normalized spacial score (nSPS) is 13.3. The molecule has 0 aliphatic heterocycles. The van der Waals surface area contributed by atoms with Gasteiger partial charge in [0.1, 0.15) is 5.82 Å². The molecule has 1 aromatic heterocycles. The summed E-state index contributed by atoms with van der Waals surface area (Å²) in [4.78, 5) is 0. The van der Waals surface area contributed by atoms with Crippen molar-refractivity contribution in [2.45, 2.75) is 32.5 Å². The van der Waals surface area contributed by atoms with Crippen LogP contribution in [0.3, 0.4) is 0 Å². The van der Waals surface area contributed by atoms with Crippen molar-refractivity contribution in [3.8, 4) is 0 Å². The molecule has 0 aromatic carbocycles. The van der Waals surface area contributed by atoms with Gasteiger partial charge in [0.2, 0.25) is 0 Å². The zero-order valence-corrected chi connectivity index (χ0v) is 8.18. The van der Waals surface area contributed by atoms with Crippen LogP contribution >= 0.6 is 0 Å². The quantitative estimate of drug-likeness (QED) is 0.709. The van der Waals surface area contributed by atoms with Crippen LogP contribution in [0.25, 0.3) is 0 Å². The molecule has 0 aliphatic rings. The molecule has 3 nitrogen and oxygen atoms in total. The molecular weight excluding hydrogens is 195 g/mol. The molecule has 0 saturated heterocycles. The number of rotatable bonds is 0. The van der Waals surface area contributed by atoms with Crippen molar-refractivity contribution in [3.05, 3.63) is 11.8 Å². The summed E-state index contributed by atoms with van der Waals surface area (Å²) in [7, 11) is 0. The van der Waals surface area contributed by atoms with Gasteiger partial charge in [0.15, 0.2) is 5.69 Å². The third kappa shape index (κ3) is 2.00. The molecule has 1 aromatic rings. The lowest BCUT2D eigenvalue weighted by Gasteiger charge is -2.20. The first-order valence-electron chi connectivity index (χ1n) is 4.05. The number of nitrogens with zero attached hydrogens (tertiary/aromatic N) is 2. The maximum Gasteiger partial charge on any atom is 0.435 e. The van der Waals surface area contributed by atoms with Gasteiger partial charge in [-0.3, -0.25) is 0 Å². The van der Waals surface area contributed by atoms with E-state index >= 15 is 0 Å². The van der Waals surface area contributed by atoms with Crippen molar-refractivity contribution >= 4 is 5.82 Å². The molecule has 0 fully saturated rings. The van der Waals surface area contributed by atoms with E-state index in [1.54, 1.807) is 20.8 Å². The first-order valence-corrected chi connectivity index (χ1v) is 4.05. The second-order valence-corrected chi connectivity index (χ2v) is 4.03. The van der Waals surface area contributed by atoms with Gasteiger partial charge in [-0.2, -0.15) is 18.3 Å². The van der Waals surface area contributed by atoms with Crippen LogP contribution in [0.1, 0.15) is 26.5 Å². The van der Waals surface area contributed by atoms with Crippen LogP contribution in [-0.2, 0) is 11.7 Å². The van der Waals surface area contributed by atoms with Crippen molar-refractivity contribution in [3.63, 3.8) is 0 Å². The third-order valence-corrected chi connectivity index (χ3v) is 1.66. The van der Waals surface area contributed by atoms with Gasteiger partial charge in [-0.1, -0.05) is 0 Å². The molecule has 2 N–H and O–H groups in total.